The van der Waals surface area contributed by atoms with Crippen molar-refractivity contribution in [1.29, 1.82) is 0 Å². The Morgan fingerprint density at radius 2 is 2.38 bits per heavy atom. The SMILES string of the molecule is C=CCN(c1ccc(C(C)O)nc1)C1CC1. The maximum atomic E-state index is 9.39. The lowest BCUT2D eigenvalue weighted by molar-refractivity contribution is 0.194. The number of rotatable bonds is 5. The van der Waals surface area contributed by atoms with E-state index < -0.39 is 6.10 Å². The van der Waals surface area contributed by atoms with Gasteiger partial charge in [0.05, 0.1) is 23.7 Å². The van der Waals surface area contributed by atoms with E-state index in [1.54, 1.807) is 6.92 Å². The van der Waals surface area contributed by atoms with Gasteiger partial charge in [-0.05, 0) is 31.9 Å². The van der Waals surface area contributed by atoms with Crippen LogP contribution in [0.2, 0.25) is 0 Å². The van der Waals surface area contributed by atoms with E-state index >= 15 is 0 Å². The summed E-state index contributed by atoms with van der Waals surface area (Å²) >= 11 is 0. The number of nitrogens with zero attached hydrogens (tertiary/aromatic N) is 2. The third-order valence-corrected chi connectivity index (χ3v) is 2.84. The number of aliphatic hydroxyl groups is 1. The number of anilines is 1. The van der Waals surface area contributed by atoms with Gasteiger partial charge in [0.2, 0.25) is 0 Å². The first-order valence-corrected chi connectivity index (χ1v) is 5.74. The van der Waals surface area contributed by atoms with Gasteiger partial charge in [-0.3, -0.25) is 4.98 Å². The molecule has 1 atom stereocenters. The van der Waals surface area contributed by atoms with E-state index in [0.29, 0.717) is 6.04 Å². The van der Waals surface area contributed by atoms with Crippen molar-refractivity contribution in [3.63, 3.8) is 0 Å². The van der Waals surface area contributed by atoms with Gasteiger partial charge in [-0.2, -0.15) is 0 Å². The van der Waals surface area contributed by atoms with Crippen LogP contribution in [0.25, 0.3) is 0 Å². The molecule has 1 saturated carbocycles. The van der Waals surface area contributed by atoms with Crippen molar-refractivity contribution in [2.45, 2.75) is 31.9 Å². The Morgan fingerprint density at radius 1 is 1.62 bits per heavy atom. The zero-order valence-corrected chi connectivity index (χ0v) is 9.63. The van der Waals surface area contributed by atoms with Crippen LogP contribution in [0.3, 0.4) is 0 Å². The van der Waals surface area contributed by atoms with E-state index in [9.17, 15) is 5.11 Å². The van der Waals surface area contributed by atoms with Crippen molar-refractivity contribution >= 4 is 5.69 Å². The lowest BCUT2D eigenvalue weighted by atomic mass is 10.2. The Kier molecular flexibility index (Phi) is 3.25. The van der Waals surface area contributed by atoms with Crippen molar-refractivity contribution in [3.8, 4) is 0 Å². The molecular formula is C13H18N2O. The minimum absolute atomic E-state index is 0.497. The fourth-order valence-electron chi connectivity index (χ4n) is 1.81. The van der Waals surface area contributed by atoms with Gasteiger partial charge in [-0.25, -0.2) is 0 Å². The first-order valence-electron chi connectivity index (χ1n) is 5.74. The Bertz CT molecular complexity index is 355. The second-order valence-electron chi connectivity index (χ2n) is 4.29. The van der Waals surface area contributed by atoms with E-state index in [4.69, 9.17) is 0 Å². The summed E-state index contributed by atoms with van der Waals surface area (Å²) in [5.41, 5.74) is 1.84. The minimum Gasteiger partial charge on any atom is -0.387 e. The summed E-state index contributed by atoms with van der Waals surface area (Å²) in [4.78, 5) is 6.58. The molecule has 1 fully saturated rings. The summed E-state index contributed by atoms with van der Waals surface area (Å²) in [7, 11) is 0. The van der Waals surface area contributed by atoms with E-state index in [2.05, 4.69) is 16.5 Å². The third-order valence-electron chi connectivity index (χ3n) is 2.84. The van der Waals surface area contributed by atoms with Crippen LogP contribution in [-0.2, 0) is 0 Å². The molecule has 0 spiro atoms. The zero-order valence-electron chi connectivity index (χ0n) is 9.63. The molecule has 1 aromatic heterocycles. The lowest BCUT2D eigenvalue weighted by Gasteiger charge is -2.22. The van der Waals surface area contributed by atoms with Gasteiger partial charge in [0.1, 0.15) is 0 Å². The van der Waals surface area contributed by atoms with Gasteiger partial charge < -0.3 is 10.0 Å². The predicted molar refractivity (Wildman–Crippen MR) is 65.4 cm³/mol. The van der Waals surface area contributed by atoms with Gasteiger partial charge in [-0.15, -0.1) is 6.58 Å². The quantitative estimate of drug-likeness (QED) is 0.770. The molecule has 1 unspecified atom stereocenters. The van der Waals surface area contributed by atoms with E-state index in [1.165, 1.54) is 12.8 Å². The van der Waals surface area contributed by atoms with Crippen LogP contribution < -0.4 is 4.90 Å². The van der Waals surface area contributed by atoms with Crippen LogP contribution in [0, 0.1) is 0 Å². The molecule has 3 heteroatoms. The molecule has 0 radical (unpaired) electrons. The van der Waals surface area contributed by atoms with Crippen LogP contribution >= 0.6 is 0 Å². The van der Waals surface area contributed by atoms with Crippen LogP contribution in [0.15, 0.2) is 31.0 Å². The van der Waals surface area contributed by atoms with E-state index in [1.807, 2.05) is 24.4 Å². The summed E-state index contributed by atoms with van der Waals surface area (Å²) in [6, 6.07) is 4.56. The lowest BCUT2D eigenvalue weighted by Crippen LogP contribution is -2.25. The van der Waals surface area contributed by atoms with Crippen LogP contribution in [0.1, 0.15) is 31.6 Å². The average molecular weight is 218 g/mol. The molecule has 0 amide bonds. The summed E-state index contributed by atoms with van der Waals surface area (Å²) in [5.74, 6) is 0. The Morgan fingerprint density at radius 3 is 2.81 bits per heavy atom. The average Bonchev–Trinajstić information content (AvgIpc) is 3.10. The summed E-state index contributed by atoms with van der Waals surface area (Å²) < 4.78 is 0. The topological polar surface area (TPSA) is 36.4 Å². The largest absolute Gasteiger partial charge is 0.387 e. The Labute approximate surface area is 96.4 Å². The predicted octanol–water partition coefficient (Wildman–Crippen LogP) is 2.29. The highest BCUT2D eigenvalue weighted by Crippen LogP contribution is 2.31. The van der Waals surface area contributed by atoms with E-state index in [0.717, 1.165) is 17.9 Å². The second-order valence-corrected chi connectivity index (χ2v) is 4.29. The third kappa shape index (κ3) is 2.42. The van der Waals surface area contributed by atoms with Gasteiger partial charge in [0.15, 0.2) is 0 Å². The first kappa shape index (κ1) is 11.1. The highest BCUT2D eigenvalue weighted by molar-refractivity contribution is 5.47. The monoisotopic (exact) mass is 218 g/mol. The summed E-state index contributed by atoms with van der Waals surface area (Å²) in [6.45, 7) is 6.37. The summed E-state index contributed by atoms with van der Waals surface area (Å²) in [6.07, 6.45) is 5.77. The van der Waals surface area contributed by atoms with Gasteiger partial charge >= 0.3 is 0 Å². The molecule has 2 rings (SSSR count). The summed E-state index contributed by atoms with van der Waals surface area (Å²) in [5, 5.41) is 9.39. The number of aliphatic hydroxyl groups excluding tert-OH is 1. The van der Waals surface area contributed by atoms with Crippen LogP contribution in [0.5, 0.6) is 0 Å². The molecule has 0 aliphatic heterocycles. The van der Waals surface area contributed by atoms with Crippen molar-refractivity contribution in [2.75, 3.05) is 11.4 Å². The molecule has 16 heavy (non-hydrogen) atoms. The highest BCUT2D eigenvalue weighted by Gasteiger charge is 2.28. The fraction of sp³-hybridized carbons (Fsp3) is 0.462. The molecule has 1 heterocycles. The number of hydrogen-bond acceptors (Lipinski definition) is 3. The van der Waals surface area contributed by atoms with Crippen LogP contribution in [-0.4, -0.2) is 22.7 Å². The molecule has 1 aromatic rings. The Balaban J connectivity index is 2.14. The van der Waals surface area contributed by atoms with Crippen molar-refractivity contribution in [3.05, 3.63) is 36.7 Å². The molecule has 0 aromatic carbocycles. The Hall–Kier alpha value is -1.35. The first-order chi connectivity index (χ1) is 7.72. The zero-order chi connectivity index (χ0) is 11.5. The standard InChI is InChI=1S/C13H18N2O/c1-3-8-15(11-4-5-11)12-6-7-13(10(2)16)14-9-12/h3,6-7,9-11,16H,1,4-5,8H2,2H3. The number of hydrogen-bond donors (Lipinski definition) is 1. The maximum absolute atomic E-state index is 9.39. The molecular weight excluding hydrogens is 200 g/mol. The molecule has 1 N–H and O–H groups in total. The van der Waals surface area contributed by atoms with Gasteiger partial charge in [0.25, 0.3) is 0 Å². The molecule has 0 bridgehead atoms. The molecule has 3 nitrogen and oxygen atoms in total. The second kappa shape index (κ2) is 4.66. The number of pyridine rings is 1. The fourth-order valence-corrected chi connectivity index (χ4v) is 1.81. The van der Waals surface area contributed by atoms with Gasteiger partial charge in [-0.1, -0.05) is 6.08 Å². The molecule has 0 saturated heterocycles. The molecule has 1 aliphatic carbocycles. The smallest absolute Gasteiger partial charge is 0.0931 e. The number of aromatic nitrogens is 1. The van der Waals surface area contributed by atoms with Gasteiger partial charge in [0, 0.05) is 12.6 Å². The minimum atomic E-state index is -0.497. The van der Waals surface area contributed by atoms with E-state index in [-0.39, 0.29) is 0 Å². The van der Waals surface area contributed by atoms with Crippen molar-refractivity contribution < 1.29 is 5.11 Å². The maximum Gasteiger partial charge on any atom is 0.0931 e. The normalized spacial score (nSPS) is 16.9. The van der Waals surface area contributed by atoms with Crippen molar-refractivity contribution in [1.82, 2.24) is 4.98 Å². The van der Waals surface area contributed by atoms with Crippen molar-refractivity contribution in [2.24, 2.45) is 0 Å². The molecule has 1 aliphatic rings. The molecule has 86 valence electrons. The van der Waals surface area contributed by atoms with Crippen LogP contribution in [0.4, 0.5) is 5.69 Å². The highest BCUT2D eigenvalue weighted by atomic mass is 16.3.